The minimum atomic E-state index is -4.27. The number of hydrogen-bond donors (Lipinski definition) is 5. The van der Waals surface area contributed by atoms with Crippen LogP contribution in [0.3, 0.4) is 0 Å². The number of benzene rings is 1. The number of carbonyl (C=O) groups excluding carboxylic acids is 1. The van der Waals surface area contributed by atoms with Crippen LogP contribution in [-0.4, -0.2) is 73.9 Å². The molecular weight excluding hydrogens is 567 g/mol. The first-order valence-corrected chi connectivity index (χ1v) is 15.3. The van der Waals surface area contributed by atoms with E-state index in [-0.39, 0.29) is 36.0 Å². The lowest BCUT2D eigenvalue weighted by atomic mass is 9.86. The molecule has 1 saturated carbocycles. The summed E-state index contributed by atoms with van der Waals surface area (Å²) < 4.78 is 38.4. The Morgan fingerprint density at radius 3 is 2.67 bits per heavy atom. The van der Waals surface area contributed by atoms with E-state index < -0.39 is 43.7 Å². The number of ether oxygens (including phenoxy) is 2. The van der Waals surface area contributed by atoms with Crippen molar-refractivity contribution in [3.8, 4) is 5.75 Å². The molecule has 1 aromatic carbocycles. The van der Waals surface area contributed by atoms with Crippen molar-refractivity contribution < 1.29 is 38.1 Å². The van der Waals surface area contributed by atoms with Crippen LogP contribution in [0.1, 0.15) is 45.2 Å². The van der Waals surface area contributed by atoms with Crippen LogP contribution >= 0.6 is 7.75 Å². The second-order valence-electron chi connectivity index (χ2n) is 11.1. The highest BCUT2D eigenvalue weighted by Gasteiger charge is 2.58. The van der Waals surface area contributed by atoms with Crippen molar-refractivity contribution in [2.24, 2.45) is 5.73 Å². The molecule has 2 aromatic heterocycles. The van der Waals surface area contributed by atoms with Crippen molar-refractivity contribution in [1.29, 1.82) is 0 Å². The number of aromatic nitrogens is 3. The number of rotatable bonds is 10. The standard InChI is InChI=1S/C27H37N6O8P/c1-17(24(34)40-19-10-8-18(28)9-11-19)32-42(37,41-20-6-4-3-5-7-20)39-14-26(2)25(35)27(36,15-38-26)22-13-12-21-23(29)30-16-31-33(21)22/h3-7,12-13,16-19,25,35-36H,8-11,14-15,28H2,1-2H3,(H,32,37)(H2,29,30,31)/t17-,18?,19?,25+,26+,27+,42?/m0/s1. The summed E-state index contributed by atoms with van der Waals surface area (Å²) in [6.07, 6.45) is 2.22. The number of nitrogen functional groups attached to an aromatic ring is 1. The molecule has 5 atom stereocenters. The molecule has 0 amide bonds. The average Bonchev–Trinajstić information content (AvgIpc) is 3.51. The van der Waals surface area contributed by atoms with E-state index >= 15 is 0 Å². The zero-order valence-corrected chi connectivity index (χ0v) is 24.4. The van der Waals surface area contributed by atoms with Gasteiger partial charge in [0, 0.05) is 6.04 Å². The number of fused-ring (bicyclic) bond motifs is 1. The van der Waals surface area contributed by atoms with E-state index in [4.69, 9.17) is 30.0 Å². The maximum Gasteiger partial charge on any atom is 0.459 e. The Balaban J connectivity index is 1.31. The van der Waals surface area contributed by atoms with Crippen molar-refractivity contribution in [2.75, 3.05) is 18.9 Å². The van der Waals surface area contributed by atoms with Crippen LogP contribution < -0.4 is 21.1 Å². The van der Waals surface area contributed by atoms with Gasteiger partial charge in [0.25, 0.3) is 0 Å². The third-order valence-corrected chi connectivity index (χ3v) is 9.40. The molecule has 2 fully saturated rings. The molecule has 1 saturated heterocycles. The van der Waals surface area contributed by atoms with E-state index in [0.29, 0.717) is 18.4 Å². The molecular formula is C27H37N6O8P. The van der Waals surface area contributed by atoms with Crippen LogP contribution in [-0.2, 0) is 29.0 Å². The Morgan fingerprint density at radius 2 is 1.95 bits per heavy atom. The summed E-state index contributed by atoms with van der Waals surface area (Å²) in [5.41, 5.74) is 9.08. The molecule has 0 spiro atoms. The van der Waals surface area contributed by atoms with E-state index in [1.165, 1.54) is 24.7 Å². The first-order chi connectivity index (χ1) is 19.9. The Kier molecular flexibility index (Phi) is 8.59. The molecule has 1 unspecified atom stereocenters. The van der Waals surface area contributed by atoms with E-state index in [1.54, 1.807) is 42.5 Å². The highest BCUT2D eigenvalue weighted by Crippen LogP contribution is 2.48. The van der Waals surface area contributed by atoms with E-state index in [1.807, 2.05) is 0 Å². The summed E-state index contributed by atoms with van der Waals surface area (Å²) in [6.45, 7) is 2.20. The molecule has 0 radical (unpaired) electrons. The Hall–Kier alpha value is -3.10. The summed E-state index contributed by atoms with van der Waals surface area (Å²) in [5, 5.41) is 29.7. The summed E-state index contributed by atoms with van der Waals surface area (Å²) in [5.74, 6) is -0.194. The minimum absolute atomic E-state index is 0.0957. The van der Waals surface area contributed by atoms with Gasteiger partial charge in [-0.05, 0) is 63.8 Å². The minimum Gasteiger partial charge on any atom is -0.461 e. The number of para-hydroxylation sites is 1. The van der Waals surface area contributed by atoms with Gasteiger partial charge in [0.1, 0.15) is 41.4 Å². The molecule has 1 aliphatic carbocycles. The van der Waals surface area contributed by atoms with Crippen LogP contribution in [0.5, 0.6) is 5.75 Å². The Labute approximate surface area is 242 Å². The maximum atomic E-state index is 14.0. The third-order valence-electron chi connectivity index (χ3n) is 7.77. The Morgan fingerprint density at radius 1 is 1.24 bits per heavy atom. The van der Waals surface area contributed by atoms with Crippen molar-refractivity contribution in [3.63, 3.8) is 0 Å². The number of aliphatic hydroxyl groups excluding tert-OH is 1. The molecule has 3 aromatic rings. The molecule has 2 aliphatic rings. The van der Waals surface area contributed by atoms with Gasteiger partial charge in [0.05, 0.1) is 18.9 Å². The molecule has 1 aliphatic heterocycles. The second kappa shape index (κ2) is 11.9. The number of nitrogens with one attached hydrogen (secondary N) is 1. The van der Waals surface area contributed by atoms with Crippen molar-refractivity contribution in [1.82, 2.24) is 19.7 Å². The Bertz CT molecular complexity index is 1450. The molecule has 5 rings (SSSR count). The maximum absolute atomic E-state index is 14.0. The second-order valence-corrected chi connectivity index (χ2v) is 12.8. The topological polar surface area (TPSA) is 206 Å². The van der Waals surface area contributed by atoms with Crippen LogP contribution in [0.15, 0.2) is 48.8 Å². The van der Waals surface area contributed by atoms with Crippen LogP contribution in [0.4, 0.5) is 5.82 Å². The van der Waals surface area contributed by atoms with Crippen LogP contribution in [0.2, 0.25) is 0 Å². The number of hydrogen-bond acceptors (Lipinski definition) is 12. The van der Waals surface area contributed by atoms with E-state index in [0.717, 1.165) is 12.8 Å². The van der Waals surface area contributed by atoms with Gasteiger partial charge < -0.3 is 35.7 Å². The largest absolute Gasteiger partial charge is 0.461 e. The number of aliphatic hydroxyl groups is 2. The first kappa shape index (κ1) is 30.4. The van der Waals surface area contributed by atoms with E-state index in [2.05, 4.69) is 15.2 Å². The molecule has 14 nitrogen and oxygen atoms in total. The van der Waals surface area contributed by atoms with Crippen LogP contribution in [0, 0.1) is 0 Å². The van der Waals surface area contributed by atoms with Crippen molar-refractivity contribution in [2.45, 2.75) is 75.0 Å². The monoisotopic (exact) mass is 604 g/mol. The van der Waals surface area contributed by atoms with Gasteiger partial charge >= 0.3 is 13.7 Å². The van der Waals surface area contributed by atoms with Crippen molar-refractivity contribution >= 4 is 25.1 Å². The lowest BCUT2D eigenvalue weighted by molar-refractivity contribution is -0.152. The van der Waals surface area contributed by atoms with Crippen molar-refractivity contribution in [3.05, 3.63) is 54.5 Å². The van der Waals surface area contributed by atoms with E-state index in [9.17, 15) is 19.6 Å². The summed E-state index contributed by atoms with van der Waals surface area (Å²) >= 11 is 0. The molecule has 3 heterocycles. The quantitative estimate of drug-likeness (QED) is 0.165. The summed E-state index contributed by atoms with van der Waals surface area (Å²) in [7, 11) is -4.27. The van der Waals surface area contributed by atoms with Gasteiger partial charge in [-0.2, -0.15) is 10.2 Å². The highest BCUT2D eigenvalue weighted by molar-refractivity contribution is 7.52. The fourth-order valence-electron chi connectivity index (χ4n) is 5.24. The summed E-state index contributed by atoms with van der Waals surface area (Å²) in [4.78, 5) is 16.8. The van der Waals surface area contributed by atoms with Gasteiger partial charge in [-0.1, -0.05) is 18.2 Å². The van der Waals surface area contributed by atoms with Gasteiger partial charge in [-0.15, -0.1) is 0 Å². The molecule has 228 valence electrons. The van der Waals surface area contributed by atoms with Gasteiger partial charge in [-0.25, -0.2) is 14.1 Å². The number of nitrogens with zero attached hydrogens (tertiary/aromatic N) is 3. The molecule has 42 heavy (non-hydrogen) atoms. The highest BCUT2D eigenvalue weighted by atomic mass is 31.2. The molecule has 0 bridgehead atoms. The lowest BCUT2D eigenvalue weighted by Gasteiger charge is -2.33. The lowest BCUT2D eigenvalue weighted by Crippen LogP contribution is -2.50. The van der Waals surface area contributed by atoms with Gasteiger partial charge in [-0.3, -0.25) is 9.32 Å². The predicted molar refractivity (Wildman–Crippen MR) is 151 cm³/mol. The van der Waals surface area contributed by atoms with Crippen LogP contribution in [0.25, 0.3) is 5.52 Å². The predicted octanol–water partition coefficient (Wildman–Crippen LogP) is 1.64. The van der Waals surface area contributed by atoms with Gasteiger partial charge in [0.15, 0.2) is 11.4 Å². The fraction of sp³-hybridized carbons (Fsp3) is 0.519. The average molecular weight is 605 g/mol. The number of esters is 1. The first-order valence-electron chi connectivity index (χ1n) is 13.8. The molecule has 15 heteroatoms. The summed E-state index contributed by atoms with van der Waals surface area (Å²) in [6, 6.07) is 10.5. The number of anilines is 1. The SMILES string of the molecule is C[C@H](NP(=O)(OC[C@@]1(C)OC[C@@](O)(c2ccc3c(N)ncnn23)[C@@H]1O)Oc1ccccc1)C(=O)OC1CCC(N)CC1. The third kappa shape index (κ3) is 6.16. The zero-order chi connectivity index (χ0) is 30.1. The smallest absolute Gasteiger partial charge is 0.459 e. The normalized spacial score (nSPS) is 30.1. The molecule has 7 N–H and O–H groups in total. The zero-order valence-electron chi connectivity index (χ0n) is 23.5. The van der Waals surface area contributed by atoms with Gasteiger partial charge in [0.2, 0.25) is 0 Å². The number of carbonyl (C=O) groups is 1. The fourth-order valence-corrected chi connectivity index (χ4v) is 6.82. The number of nitrogens with two attached hydrogens (primary N) is 2.